The van der Waals surface area contributed by atoms with Crippen LogP contribution in [-0.2, 0) is 11.2 Å². The van der Waals surface area contributed by atoms with E-state index in [1.165, 1.54) is 37.9 Å². The van der Waals surface area contributed by atoms with Crippen molar-refractivity contribution in [2.75, 3.05) is 26.2 Å². The van der Waals surface area contributed by atoms with Crippen molar-refractivity contribution in [1.82, 2.24) is 15.1 Å². The topological polar surface area (TPSA) is 52.7 Å². The maximum Gasteiger partial charge on any atom is 0.251 e. The van der Waals surface area contributed by atoms with Crippen molar-refractivity contribution in [2.45, 2.75) is 71.4 Å². The molecule has 0 aromatic heterocycles. The summed E-state index contributed by atoms with van der Waals surface area (Å²) in [4.78, 5) is 30.5. The summed E-state index contributed by atoms with van der Waals surface area (Å²) in [5.74, 6) is -0.0419. The lowest BCUT2D eigenvalue weighted by Gasteiger charge is -2.41. The highest BCUT2D eigenvalue weighted by molar-refractivity contribution is 5.97. The van der Waals surface area contributed by atoms with Gasteiger partial charge in [0.25, 0.3) is 5.91 Å². The summed E-state index contributed by atoms with van der Waals surface area (Å²) in [5, 5.41) is 3.00. The number of aryl methyl sites for hydroxylation is 1. The van der Waals surface area contributed by atoms with Crippen molar-refractivity contribution in [3.05, 3.63) is 35.4 Å². The van der Waals surface area contributed by atoms with Gasteiger partial charge >= 0.3 is 0 Å². The summed E-state index contributed by atoms with van der Waals surface area (Å²) in [5.41, 5.74) is 1.82. The van der Waals surface area contributed by atoms with Gasteiger partial charge in [0.05, 0.1) is 0 Å². The Balaban J connectivity index is 1.57. The molecule has 160 valence electrons. The number of likely N-dealkylation sites (tertiary alicyclic amines) is 2. The molecule has 3 rings (SSSR count). The minimum Gasteiger partial charge on any atom is -0.341 e. The standard InChI is InChI=1S/C24H37N3O2/c1-4-19-8-10-20(11-9-19)23(28)25-22(18(2)3)24(29)27-16-12-21(13-17-27)26-14-6-5-7-15-26/h8-11,18,21-22H,4-7,12-17H2,1-3H3,(H,25,28)/t22-/m1/s1. The quantitative estimate of drug-likeness (QED) is 0.797. The second-order valence-electron chi connectivity index (χ2n) is 8.90. The van der Waals surface area contributed by atoms with Crippen LogP contribution in [0.2, 0.25) is 0 Å². The number of amides is 2. The largest absolute Gasteiger partial charge is 0.341 e. The molecule has 2 saturated heterocycles. The second kappa shape index (κ2) is 10.2. The molecule has 1 aromatic carbocycles. The van der Waals surface area contributed by atoms with Crippen LogP contribution in [0, 0.1) is 5.92 Å². The van der Waals surface area contributed by atoms with E-state index in [1.807, 2.05) is 43.0 Å². The van der Waals surface area contributed by atoms with E-state index in [0.29, 0.717) is 11.6 Å². The zero-order chi connectivity index (χ0) is 20.8. The van der Waals surface area contributed by atoms with Crippen molar-refractivity contribution < 1.29 is 9.59 Å². The lowest BCUT2D eigenvalue weighted by Crippen LogP contribution is -2.55. The van der Waals surface area contributed by atoms with Gasteiger partial charge in [-0.15, -0.1) is 0 Å². The summed E-state index contributed by atoms with van der Waals surface area (Å²) in [6.45, 7) is 10.1. The van der Waals surface area contributed by atoms with E-state index < -0.39 is 6.04 Å². The zero-order valence-electron chi connectivity index (χ0n) is 18.3. The highest BCUT2D eigenvalue weighted by atomic mass is 16.2. The lowest BCUT2D eigenvalue weighted by atomic mass is 9.97. The molecule has 29 heavy (non-hydrogen) atoms. The minimum absolute atomic E-state index is 0.0567. The van der Waals surface area contributed by atoms with Gasteiger partial charge in [-0.25, -0.2) is 0 Å². The first kappa shape index (κ1) is 21.8. The maximum atomic E-state index is 13.2. The van der Waals surface area contributed by atoms with E-state index in [4.69, 9.17) is 0 Å². The molecule has 2 aliphatic heterocycles. The first-order valence-corrected chi connectivity index (χ1v) is 11.4. The number of hydrogen-bond acceptors (Lipinski definition) is 3. The summed E-state index contributed by atoms with van der Waals surface area (Å²) >= 11 is 0. The Hall–Kier alpha value is -1.88. The monoisotopic (exact) mass is 399 g/mol. The number of nitrogens with one attached hydrogen (secondary N) is 1. The molecule has 2 heterocycles. The summed E-state index contributed by atoms with van der Waals surface area (Å²) < 4.78 is 0. The molecule has 2 aliphatic rings. The molecule has 1 aromatic rings. The van der Waals surface area contributed by atoms with Crippen LogP contribution in [0.3, 0.4) is 0 Å². The third-order valence-electron chi connectivity index (χ3n) is 6.53. The smallest absolute Gasteiger partial charge is 0.251 e. The van der Waals surface area contributed by atoms with E-state index >= 15 is 0 Å². The Labute approximate surface area is 175 Å². The molecule has 0 aliphatic carbocycles. The van der Waals surface area contributed by atoms with Gasteiger partial charge in [0.1, 0.15) is 6.04 Å². The van der Waals surface area contributed by atoms with Crippen LogP contribution in [0.15, 0.2) is 24.3 Å². The first-order chi connectivity index (χ1) is 14.0. The van der Waals surface area contributed by atoms with Gasteiger partial charge in [-0.3, -0.25) is 9.59 Å². The van der Waals surface area contributed by atoms with Crippen molar-refractivity contribution in [2.24, 2.45) is 5.92 Å². The van der Waals surface area contributed by atoms with Gasteiger partial charge in [-0.1, -0.05) is 39.3 Å². The molecule has 0 unspecified atom stereocenters. The average molecular weight is 400 g/mol. The zero-order valence-corrected chi connectivity index (χ0v) is 18.3. The van der Waals surface area contributed by atoms with Gasteiger partial charge in [0, 0.05) is 24.7 Å². The van der Waals surface area contributed by atoms with Gasteiger partial charge < -0.3 is 15.1 Å². The van der Waals surface area contributed by atoms with Crippen LogP contribution in [0.5, 0.6) is 0 Å². The average Bonchev–Trinajstić information content (AvgIpc) is 2.77. The molecule has 0 radical (unpaired) electrons. The fourth-order valence-electron chi connectivity index (χ4n) is 4.56. The van der Waals surface area contributed by atoms with Crippen LogP contribution in [-0.4, -0.2) is 59.9 Å². The summed E-state index contributed by atoms with van der Waals surface area (Å²) in [6.07, 6.45) is 7.00. The number of carbonyl (C=O) groups excluding carboxylic acids is 2. The number of hydrogen-bond donors (Lipinski definition) is 1. The third-order valence-corrected chi connectivity index (χ3v) is 6.53. The Morgan fingerprint density at radius 1 is 1.00 bits per heavy atom. The van der Waals surface area contributed by atoms with Gasteiger partial charge in [-0.2, -0.15) is 0 Å². The molecule has 1 atom stereocenters. The van der Waals surface area contributed by atoms with Crippen LogP contribution < -0.4 is 5.32 Å². The Morgan fingerprint density at radius 2 is 1.62 bits per heavy atom. The number of benzene rings is 1. The molecular weight excluding hydrogens is 362 g/mol. The summed E-state index contributed by atoms with van der Waals surface area (Å²) in [6, 6.07) is 7.79. The normalized spacial score (nSPS) is 19.9. The van der Waals surface area contributed by atoms with Crippen molar-refractivity contribution in [3.63, 3.8) is 0 Å². The number of carbonyl (C=O) groups is 2. The Morgan fingerprint density at radius 3 is 2.17 bits per heavy atom. The van der Waals surface area contributed by atoms with Crippen LogP contribution in [0.4, 0.5) is 0 Å². The fourth-order valence-corrected chi connectivity index (χ4v) is 4.56. The van der Waals surface area contributed by atoms with E-state index in [2.05, 4.69) is 17.1 Å². The highest BCUT2D eigenvalue weighted by Crippen LogP contribution is 2.22. The number of piperidine rings is 2. The van der Waals surface area contributed by atoms with E-state index in [9.17, 15) is 9.59 Å². The second-order valence-corrected chi connectivity index (χ2v) is 8.90. The molecule has 5 heteroatoms. The highest BCUT2D eigenvalue weighted by Gasteiger charge is 2.33. The van der Waals surface area contributed by atoms with E-state index in [1.54, 1.807) is 0 Å². The first-order valence-electron chi connectivity index (χ1n) is 11.4. The van der Waals surface area contributed by atoms with Crippen LogP contribution >= 0.6 is 0 Å². The third kappa shape index (κ3) is 5.59. The Bertz CT molecular complexity index is 672. The van der Waals surface area contributed by atoms with Gasteiger partial charge in [-0.05, 0) is 68.8 Å². The molecule has 5 nitrogen and oxygen atoms in total. The van der Waals surface area contributed by atoms with Crippen LogP contribution in [0.25, 0.3) is 0 Å². The lowest BCUT2D eigenvalue weighted by molar-refractivity contribution is -0.136. The van der Waals surface area contributed by atoms with Crippen molar-refractivity contribution in [1.29, 1.82) is 0 Å². The number of nitrogens with zero attached hydrogens (tertiary/aromatic N) is 2. The molecule has 2 fully saturated rings. The van der Waals surface area contributed by atoms with E-state index in [-0.39, 0.29) is 17.7 Å². The molecule has 0 bridgehead atoms. The van der Waals surface area contributed by atoms with Crippen LogP contribution in [0.1, 0.15) is 68.8 Å². The minimum atomic E-state index is -0.472. The van der Waals surface area contributed by atoms with Gasteiger partial charge in [0.2, 0.25) is 5.91 Å². The molecule has 0 saturated carbocycles. The number of rotatable bonds is 6. The maximum absolute atomic E-state index is 13.2. The SMILES string of the molecule is CCc1ccc(C(=O)N[C@@H](C(=O)N2CCC(N3CCCCC3)CC2)C(C)C)cc1. The molecule has 0 spiro atoms. The Kier molecular flexibility index (Phi) is 7.70. The van der Waals surface area contributed by atoms with Crippen molar-refractivity contribution >= 4 is 11.8 Å². The van der Waals surface area contributed by atoms with E-state index in [0.717, 1.165) is 32.4 Å². The van der Waals surface area contributed by atoms with Gasteiger partial charge in [0.15, 0.2) is 0 Å². The predicted octanol–water partition coefficient (Wildman–Crippen LogP) is 3.48. The fraction of sp³-hybridized carbons (Fsp3) is 0.667. The molecule has 2 amide bonds. The predicted molar refractivity (Wildman–Crippen MR) is 117 cm³/mol. The molecular formula is C24H37N3O2. The van der Waals surface area contributed by atoms with Crippen molar-refractivity contribution in [3.8, 4) is 0 Å². The molecule has 1 N–H and O–H groups in total. The summed E-state index contributed by atoms with van der Waals surface area (Å²) in [7, 11) is 0.